The predicted octanol–water partition coefficient (Wildman–Crippen LogP) is 5.06. The fourth-order valence-electron chi connectivity index (χ4n) is 3.47. The zero-order valence-electron chi connectivity index (χ0n) is 14.3. The van der Waals surface area contributed by atoms with E-state index in [-0.39, 0.29) is 0 Å². The number of nitrogens with two attached hydrogens (primary N) is 1. The van der Waals surface area contributed by atoms with E-state index >= 15 is 0 Å². The lowest BCUT2D eigenvalue weighted by Crippen LogP contribution is -2.22. The first-order valence-electron chi connectivity index (χ1n) is 8.89. The highest BCUT2D eigenvalue weighted by Gasteiger charge is 2.17. The Morgan fingerprint density at radius 1 is 1.04 bits per heavy atom. The van der Waals surface area contributed by atoms with Crippen LogP contribution in [0.5, 0.6) is 5.75 Å². The van der Waals surface area contributed by atoms with Gasteiger partial charge < -0.3 is 10.5 Å². The Labute approximate surface area is 153 Å². The molecule has 4 rings (SSSR count). The van der Waals surface area contributed by atoms with Gasteiger partial charge in [-0.2, -0.15) is 0 Å². The van der Waals surface area contributed by atoms with Crippen LogP contribution < -0.4 is 10.5 Å². The number of benzene rings is 2. The highest BCUT2D eigenvalue weighted by atomic mass is 32.1. The van der Waals surface area contributed by atoms with Crippen LogP contribution in [-0.2, 0) is 19.4 Å². The van der Waals surface area contributed by atoms with Crippen molar-refractivity contribution in [3.05, 3.63) is 76.7 Å². The molecule has 1 atom stereocenters. The minimum Gasteiger partial charge on any atom is -0.489 e. The zero-order valence-corrected chi connectivity index (χ0v) is 15.1. The molecule has 0 amide bonds. The van der Waals surface area contributed by atoms with Crippen molar-refractivity contribution in [1.29, 1.82) is 0 Å². The lowest BCUT2D eigenvalue weighted by atomic mass is 9.84. The maximum Gasteiger partial charge on any atom is 0.120 e. The third kappa shape index (κ3) is 3.78. The number of fused-ring (bicyclic) bond motifs is 1. The summed E-state index contributed by atoms with van der Waals surface area (Å²) in [7, 11) is 0. The second kappa shape index (κ2) is 7.42. The second-order valence-corrected chi connectivity index (χ2v) is 7.69. The quantitative estimate of drug-likeness (QED) is 0.699. The maximum absolute atomic E-state index is 6.02. The molecular formula is C22H23NOS. The maximum atomic E-state index is 6.02. The molecule has 1 aromatic heterocycles. The molecule has 1 aliphatic rings. The van der Waals surface area contributed by atoms with Gasteiger partial charge in [0.15, 0.2) is 0 Å². The molecule has 2 N–H and O–H groups in total. The summed E-state index contributed by atoms with van der Waals surface area (Å²) in [5, 5.41) is 2.11. The molecule has 0 saturated heterocycles. The van der Waals surface area contributed by atoms with Crippen molar-refractivity contribution < 1.29 is 4.74 Å². The highest BCUT2D eigenvalue weighted by molar-refractivity contribution is 7.13. The minimum absolute atomic E-state index is 0.606. The first kappa shape index (κ1) is 16.4. The van der Waals surface area contributed by atoms with Gasteiger partial charge >= 0.3 is 0 Å². The molecule has 1 unspecified atom stereocenters. The average Bonchev–Trinajstić information content (AvgIpc) is 3.21. The van der Waals surface area contributed by atoms with Gasteiger partial charge in [-0.25, -0.2) is 0 Å². The summed E-state index contributed by atoms with van der Waals surface area (Å²) < 4.78 is 6.02. The van der Waals surface area contributed by atoms with Crippen LogP contribution >= 0.6 is 11.3 Å². The summed E-state index contributed by atoms with van der Waals surface area (Å²) in [5.41, 5.74) is 11.1. The Morgan fingerprint density at radius 3 is 2.68 bits per heavy atom. The Kier molecular flexibility index (Phi) is 4.86. The van der Waals surface area contributed by atoms with Gasteiger partial charge in [0.1, 0.15) is 12.4 Å². The lowest BCUT2D eigenvalue weighted by Gasteiger charge is -2.23. The molecule has 1 heterocycles. The minimum atomic E-state index is 0.606. The van der Waals surface area contributed by atoms with E-state index in [1.807, 2.05) is 0 Å². The summed E-state index contributed by atoms with van der Waals surface area (Å²) >= 11 is 1.77. The lowest BCUT2D eigenvalue weighted by molar-refractivity contribution is 0.305. The van der Waals surface area contributed by atoms with Crippen molar-refractivity contribution in [3.8, 4) is 16.2 Å². The zero-order chi connectivity index (χ0) is 17.1. The van der Waals surface area contributed by atoms with E-state index in [2.05, 4.69) is 60.0 Å². The smallest absolute Gasteiger partial charge is 0.120 e. The van der Waals surface area contributed by atoms with Crippen LogP contribution in [0.15, 0.2) is 60.0 Å². The van der Waals surface area contributed by atoms with Crippen molar-refractivity contribution in [2.75, 3.05) is 6.54 Å². The van der Waals surface area contributed by atoms with Crippen LogP contribution in [0.2, 0.25) is 0 Å². The molecule has 0 spiro atoms. The van der Waals surface area contributed by atoms with E-state index < -0.39 is 0 Å². The van der Waals surface area contributed by atoms with E-state index in [1.54, 1.807) is 11.3 Å². The Balaban J connectivity index is 1.40. The SMILES string of the molecule is NCC1CCc2cc(OCc3ccc(-c4cccs4)cc3)ccc2C1. The summed E-state index contributed by atoms with van der Waals surface area (Å²) in [6.07, 6.45) is 3.41. The van der Waals surface area contributed by atoms with Crippen LogP contribution in [0, 0.1) is 5.92 Å². The van der Waals surface area contributed by atoms with E-state index in [4.69, 9.17) is 10.5 Å². The Morgan fingerprint density at radius 2 is 1.92 bits per heavy atom. The van der Waals surface area contributed by atoms with E-state index in [0.29, 0.717) is 12.5 Å². The van der Waals surface area contributed by atoms with Gasteiger partial charge in [-0.05, 0) is 77.6 Å². The van der Waals surface area contributed by atoms with Crippen molar-refractivity contribution in [3.63, 3.8) is 0 Å². The average molecular weight is 349 g/mol. The first-order valence-corrected chi connectivity index (χ1v) is 9.77. The molecule has 0 bridgehead atoms. The van der Waals surface area contributed by atoms with Crippen LogP contribution in [0.1, 0.15) is 23.1 Å². The third-order valence-corrected chi connectivity index (χ3v) is 5.93. The number of hydrogen-bond donors (Lipinski definition) is 1. The van der Waals surface area contributed by atoms with Crippen molar-refractivity contribution in [1.82, 2.24) is 0 Å². The third-order valence-electron chi connectivity index (χ3n) is 5.01. The number of aryl methyl sites for hydroxylation is 1. The van der Waals surface area contributed by atoms with Crippen molar-refractivity contribution in [2.45, 2.75) is 25.9 Å². The summed E-state index contributed by atoms with van der Waals surface area (Å²) in [6.45, 7) is 1.40. The Bertz CT molecular complexity index is 824. The molecule has 3 aromatic rings. The Hall–Kier alpha value is -2.10. The van der Waals surface area contributed by atoms with Gasteiger partial charge in [0.2, 0.25) is 0 Å². The van der Waals surface area contributed by atoms with E-state index in [9.17, 15) is 0 Å². The number of thiophene rings is 1. The molecule has 3 heteroatoms. The number of ether oxygens (including phenoxy) is 1. The first-order chi connectivity index (χ1) is 12.3. The standard InChI is InChI=1S/C22H23NOS/c23-14-17-5-8-20-13-21(10-9-19(20)12-17)24-15-16-3-6-18(7-4-16)22-2-1-11-25-22/h1-4,6-7,9-11,13,17H,5,8,12,14-15,23H2. The van der Waals surface area contributed by atoms with Gasteiger partial charge in [-0.1, -0.05) is 36.4 Å². The van der Waals surface area contributed by atoms with Crippen LogP contribution in [0.3, 0.4) is 0 Å². The van der Waals surface area contributed by atoms with Crippen molar-refractivity contribution in [2.24, 2.45) is 11.7 Å². The largest absolute Gasteiger partial charge is 0.489 e. The second-order valence-electron chi connectivity index (χ2n) is 6.74. The monoisotopic (exact) mass is 349 g/mol. The topological polar surface area (TPSA) is 35.2 Å². The molecular weight excluding hydrogens is 326 g/mol. The predicted molar refractivity (Wildman–Crippen MR) is 105 cm³/mol. The fraction of sp³-hybridized carbons (Fsp3) is 0.273. The van der Waals surface area contributed by atoms with Crippen LogP contribution in [0.25, 0.3) is 10.4 Å². The van der Waals surface area contributed by atoms with Crippen LogP contribution in [-0.4, -0.2) is 6.54 Å². The highest BCUT2D eigenvalue weighted by Crippen LogP contribution is 2.29. The summed E-state index contributed by atoms with van der Waals surface area (Å²) in [4.78, 5) is 1.30. The number of hydrogen-bond acceptors (Lipinski definition) is 3. The molecule has 1 aliphatic carbocycles. The summed E-state index contributed by atoms with van der Waals surface area (Å²) in [5.74, 6) is 1.61. The molecule has 128 valence electrons. The van der Waals surface area contributed by atoms with Crippen molar-refractivity contribution >= 4 is 11.3 Å². The van der Waals surface area contributed by atoms with Gasteiger partial charge in [0.05, 0.1) is 0 Å². The van der Waals surface area contributed by atoms with Gasteiger partial charge in [-0.15, -0.1) is 11.3 Å². The fourth-order valence-corrected chi connectivity index (χ4v) is 4.21. The van der Waals surface area contributed by atoms with Gasteiger partial charge in [-0.3, -0.25) is 0 Å². The molecule has 0 fully saturated rings. The summed E-state index contributed by atoms with van der Waals surface area (Å²) in [6, 6.07) is 19.4. The van der Waals surface area contributed by atoms with E-state index in [0.717, 1.165) is 25.1 Å². The van der Waals surface area contributed by atoms with E-state index in [1.165, 1.54) is 33.6 Å². The van der Waals surface area contributed by atoms with Crippen LogP contribution in [0.4, 0.5) is 0 Å². The number of rotatable bonds is 5. The molecule has 0 radical (unpaired) electrons. The molecule has 25 heavy (non-hydrogen) atoms. The molecule has 0 saturated carbocycles. The molecule has 2 aromatic carbocycles. The molecule has 2 nitrogen and oxygen atoms in total. The normalized spacial score (nSPS) is 16.4. The van der Waals surface area contributed by atoms with Gasteiger partial charge in [0, 0.05) is 4.88 Å². The molecule has 0 aliphatic heterocycles. The van der Waals surface area contributed by atoms with Gasteiger partial charge in [0.25, 0.3) is 0 Å².